The number of anilines is 1. The van der Waals surface area contributed by atoms with Gasteiger partial charge in [-0.25, -0.2) is 12.8 Å². The van der Waals surface area contributed by atoms with Gasteiger partial charge in [0.05, 0.1) is 18.7 Å². The Balaban J connectivity index is 1.61. The largest absolute Gasteiger partial charge is 0.394 e. The minimum atomic E-state index is -4.02. The predicted molar refractivity (Wildman–Crippen MR) is 119 cm³/mol. The van der Waals surface area contributed by atoms with Crippen LogP contribution in [-0.2, 0) is 10.0 Å². The van der Waals surface area contributed by atoms with Crippen molar-refractivity contribution in [2.75, 3.05) is 18.5 Å². The molecule has 1 fully saturated rings. The van der Waals surface area contributed by atoms with E-state index in [1.165, 1.54) is 34.5 Å². The number of rotatable bonds is 4. The number of benzene rings is 2. The monoisotopic (exact) mass is 442 g/mol. The number of nitrogens with zero attached hydrogens (tertiary/aromatic N) is 1. The number of allylic oxidation sites excluding steroid dienone is 2. The molecule has 31 heavy (non-hydrogen) atoms. The van der Waals surface area contributed by atoms with Crippen molar-refractivity contribution in [3.05, 3.63) is 65.5 Å². The molecule has 5 nitrogen and oxygen atoms in total. The van der Waals surface area contributed by atoms with Gasteiger partial charge in [0.25, 0.3) is 0 Å². The Hall–Kier alpha value is -2.22. The maximum absolute atomic E-state index is 14.4. The molecule has 0 bridgehead atoms. The summed E-state index contributed by atoms with van der Waals surface area (Å²) in [7, 11) is -4.02. The SMILES string of the molecule is O=S(=O)(c1ccccc1F)N1CC[C@@H]2[C@@H](CO)Nc3ccc(C4=CCCCC4)cc3[C@@H]21. The van der Waals surface area contributed by atoms with E-state index in [4.69, 9.17) is 0 Å². The Kier molecular flexibility index (Phi) is 5.36. The van der Waals surface area contributed by atoms with Crippen LogP contribution in [0.1, 0.15) is 49.3 Å². The number of sulfonamides is 1. The fraction of sp³-hybridized carbons (Fsp3) is 0.417. The average Bonchev–Trinajstić information content (AvgIpc) is 3.25. The van der Waals surface area contributed by atoms with Crippen LogP contribution >= 0.6 is 0 Å². The number of aliphatic hydroxyl groups excluding tert-OH is 1. The van der Waals surface area contributed by atoms with E-state index in [1.807, 2.05) is 6.07 Å². The van der Waals surface area contributed by atoms with Gasteiger partial charge in [-0.3, -0.25) is 0 Å². The minimum absolute atomic E-state index is 0.0744. The lowest BCUT2D eigenvalue weighted by Gasteiger charge is -2.39. The third-order valence-electron chi connectivity index (χ3n) is 6.91. The van der Waals surface area contributed by atoms with Crippen LogP contribution in [-0.4, -0.2) is 37.0 Å². The van der Waals surface area contributed by atoms with E-state index in [1.54, 1.807) is 6.07 Å². The van der Waals surface area contributed by atoms with Gasteiger partial charge in [0.1, 0.15) is 10.7 Å². The summed E-state index contributed by atoms with van der Waals surface area (Å²) in [6, 6.07) is 11.0. The number of nitrogens with one attached hydrogen (secondary N) is 1. The topological polar surface area (TPSA) is 69.6 Å². The van der Waals surface area contributed by atoms with Gasteiger partial charge in [-0.05, 0) is 73.1 Å². The van der Waals surface area contributed by atoms with Gasteiger partial charge in [0.2, 0.25) is 10.0 Å². The van der Waals surface area contributed by atoms with Crippen LogP contribution in [0.5, 0.6) is 0 Å². The number of halogens is 1. The lowest BCUT2D eigenvalue weighted by molar-refractivity contribution is 0.210. The van der Waals surface area contributed by atoms with Crippen molar-refractivity contribution in [2.24, 2.45) is 5.92 Å². The maximum atomic E-state index is 14.4. The van der Waals surface area contributed by atoms with Crippen molar-refractivity contribution in [1.82, 2.24) is 4.31 Å². The van der Waals surface area contributed by atoms with E-state index < -0.39 is 21.9 Å². The van der Waals surface area contributed by atoms with Crippen molar-refractivity contribution in [2.45, 2.75) is 49.1 Å². The van der Waals surface area contributed by atoms with Crippen molar-refractivity contribution in [1.29, 1.82) is 0 Å². The summed E-state index contributed by atoms with van der Waals surface area (Å²) in [6.07, 6.45) is 7.34. The Morgan fingerprint density at radius 1 is 1.16 bits per heavy atom. The van der Waals surface area contributed by atoms with Crippen LogP contribution in [0.4, 0.5) is 10.1 Å². The Morgan fingerprint density at radius 2 is 2.00 bits per heavy atom. The first-order chi connectivity index (χ1) is 15.0. The molecule has 7 heteroatoms. The minimum Gasteiger partial charge on any atom is -0.394 e. The van der Waals surface area contributed by atoms with Crippen molar-refractivity contribution >= 4 is 21.3 Å². The van der Waals surface area contributed by atoms with Crippen molar-refractivity contribution < 1.29 is 17.9 Å². The molecule has 0 unspecified atom stereocenters. The molecule has 3 atom stereocenters. The second-order valence-electron chi connectivity index (χ2n) is 8.65. The smallest absolute Gasteiger partial charge is 0.246 e. The van der Waals surface area contributed by atoms with Gasteiger partial charge in [-0.2, -0.15) is 4.31 Å². The summed E-state index contributed by atoms with van der Waals surface area (Å²) >= 11 is 0. The summed E-state index contributed by atoms with van der Waals surface area (Å²) in [4.78, 5) is -0.289. The van der Waals surface area contributed by atoms with Crippen LogP contribution in [0, 0.1) is 11.7 Å². The van der Waals surface area contributed by atoms with Crippen LogP contribution < -0.4 is 5.32 Å². The highest BCUT2D eigenvalue weighted by Gasteiger charge is 2.49. The molecule has 2 heterocycles. The van der Waals surface area contributed by atoms with Gasteiger partial charge in [-0.15, -0.1) is 0 Å². The molecule has 1 aliphatic carbocycles. The average molecular weight is 443 g/mol. The van der Waals surface area contributed by atoms with E-state index in [9.17, 15) is 17.9 Å². The van der Waals surface area contributed by atoms with Gasteiger partial charge >= 0.3 is 0 Å². The second kappa shape index (κ2) is 8.04. The van der Waals surface area contributed by atoms with Crippen LogP contribution in [0.2, 0.25) is 0 Å². The molecular weight excluding hydrogens is 415 g/mol. The van der Waals surface area contributed by atoms with Crippen molar-refractivity contribution in [3.8, 4) is 0 Å². The Labute approximate surface area is 182 Å². The molecule has 0 amide bonds. The summed E-state index contributed by atoms with van der Waals surface area (Å²) in [5, 5.41) is 13.4. The number of aliphatic hydroxyl groups is 1. The molecule has 1 saturated heterocycles. The normalized spacial score (nSPS) is 26.0. The lowest BCUT2D eigenvalue weighted by atomic mass is 9.82. The first-order valence-electron chi connectivity index (χ1n) is 11.0. The van der Waals surface area contributed by atoms with Gasteiger partial charge < -0.3 is 10.4 Å². The quantitative estimate of drug-likeness (QED) is 0.740. The number of fused-ring (bicyclic) bond motifs is 3. The molecule has 2 N–H and O–H groups in total. The lowest BCUT2D eigenvalue weighted by Crippen LogP contribution is -2.43. The van der Waals surface area contributed by atoms with E-state index in [2.05, 4.69) is 23.5 Å². The molecular formula is C24H27FN2O3S. The van der Waals surface area contributed by atoms with Gasteiger partial charge in [0, 0.05) is 18.2 Å². The van der Waals surface area contributed by atoms with E-state index in [0.29, 0.717) is 13.0 Å². The molecule has 0 saturated carbocycles. The number of hydrogen-bond acceptors (Lipinski definition) is 4. The molecule has 0 spiro atoms. The standard InChI is InChI=1S/C24H27FN2O3S/c25-20-8-4-5-9-23(20)31(29,30)27-13-12-18-22(15-28)26-21-11-10-17(14-19(21)24(18)27)16-6-2-1-3-7-16/h4-6,8-11,14,18,22,24,26,28H,1-3,7,12-13,15H2/t18-,22-,24-/m1/s1. The van der Waals surface area contributed by atoms with Crippen LogP contribution in [0.25, 0.3) is 5.57 Å². The summed E-state index contributed by atoms with van der Waals surface area (Å²) < 4.78 is 42.9. The molecule has 2 aromatic rings. The van der Waals surface area contributed by atoms with E-state index in [-0.39, 0.29) is 23.5 Å². The zero-order chi connectivity index (χ0) is 21.6. The molecule has 5 rings (SSSR count). The molecule has 3 aliphatic rings. The zero-order valence-corrected chi connectivity index (χ0v) is 18.1. The highest BCUT2D eigenvalue weighted by atomic mass is 32.2. The molecule has 164 valence electrons. The summed E-state index contributed by atoms with van der Waals surface area (Å²) in [5.41, 5.74) is 4.18. The van der Waals surface area contributed by atoms with Gasteiger partial charge in [-0.1, -0.05) is 24.3 Å². The first kappa shape index (κ1) is 20.7. The zero-order valence-electron chi connectivity index (χ0n) is 17.3. The van der Waals surface area contributed by atoms with Gasteiger partial charge in [0.15, 0.2) is 0 Å². The number of hydrogen-bond donors (Lipinski definition) is 2. The van der Waals surface area contributed by atoms with Crippen LogP contribution in [0.3, 0.4) is 0 Å². The van der Waals surface area contributed by atoms with E-state index >= 15 is 0 Å². The second-order valence-corrected chi connectivity index (χ2v) is 10.5. The highest BCUT2D eigenvalue weighted by Crippen LogP contribution is 2.49. The van der Waals surface area contributed by atoms with Crippen molar-refractivity contribution in [3.63, 3.8) is 0 Å². The fourth-order valence-corrected chi connectivity index (χ4v) is 7.10. The molecule has 2 aliphatic heterocycles. The summed E-state index contributed by atoms with van der Waals surface area (Å²) in [5.74, 6) is -0.811. The third-order valence-corrected chi connectivity index (χ3v) is 8.82. The molecule has 0 aromatic heterocycles. The fourth-order valence-electron chi connectivity index (χ4n) is 5.37. The molecule has 2 aromatic carbocycles. The maximum Gasteiger partial charge on any atom is 0.246 e. The first-order valence-corrected chi connectivity index (χ1v) is 12.4. The Morgan fingerprint density at radius 3 is 2.74 bits per heavy atom. The van der Waals surface area contributed by atoms with Crippen LogP contribution in [0.15, 0.2) is 53.4 Å². The van der Waals surface area contributed by atoms with E-state index in [0.717, 1.165) is 36.1 Å². The Bertz CT molecular complexity index is 1130. The molecule has 0 radical (unpaired) electrons. The highest BCUT2D eigenvalue weighted by molar-refractivity contribution is 7.89. The summed E-state index contributed by atoms with van der Waals surface area (Å²) in [6.45, 7) is 0.220. The third kappa shape index (κ3) is 3.49. The predicted octanol–water partition coefficient (Wildman–Crippen LogP) is 4.32.